The van der Waals surface area contributed by atoms with Crippen molar-refractivity contribution >= 4 is 0 Å². The van der Waals surface area contributed by atoms with Crippen LogP contribution in [0.15, 0.2) is 16.7 Å². The van der Waals surface area contributed by atoms with Crippen molar-refractivity contribution in [2.45, 2.75) is 25.7 Å². The van der Waals surface area contributed by atoms with Gasteiger partial charge in [-0.15, -0.1) is 0 Å². The minimum Gasteiger partial charge on any atom is -0.469 e. The van der Waals surface area contributed by atoms with E-state index in [1.807, 2.05) is 13.0 Å². The quantitative estimate of drug-likeness (QED) is 0.788. The molecule has 4 nitrogen and oxygen atoms in total. The predicted molar refractivity (Wildman–Crippen MR) is 50.8 cm³/mol. The number of nitrogens with one attached hydrogen (secondary N) is 1. The molecule has 1 fully saturated rings. The van der Waals surface area contributed by atoms with Gasteiger partial charge in [-0.2, -0.15) is 5.10 Å². The molecule has 2 aromatic heterocycles. The number of aromatic nitrogens is 3. The molecule has 0 unspecified atom stereocenters. The average molecular weight is 189 g/mol. The number of aryl methyl sites for hydroxylation is 1. The van der Waals surface area contributed by atoms with E-state index < -0.39 is 0 Å². The Kier molecular flexibility index (Phi) is 1.50. The average Bonchev–Trinajstić information content (AvgIpc) is 2.75. The maximum Gasteiger partial charge on any atom is 0.184 e. The lowest BCUT2D eigenvalue weighted by Crippen LogP contribution is -1.82. The van der Waals surface area contributed by atoms with Gasteiger partial charge >= 0.3 is 0 Å². The summed E-state index contributed by atoms with van der Waals surface area (Å²) in [5, 5.41) is 7.17. The molecule has 14 heavy (non-hydrogen) atoms. The largest absolute Gasteiger partial charge is 0.469 e. The number of furan rings is 1. The lowest BCUT2D eigenvalue weighted by Gasteiger charge is -1.89. The Balaban J connectivity index is 1.99. The number of aromatic amines is 1. The molecule has 0 spiro atoms. The molecular weight excluding hydrogens is 178 g/mol. The highest BCUT2D eigenvalue weighted by molar-refractivity contribution is 5.56. The Morgan fingerprint density at radius 3 is 3.00 bits per heavy atom. The lowest BCUT2D eigenvalue weighted by atomic mass is 10.2. The first kappa shape index (κ1) is 7.79. The third-order valence-corrected chi connectivity index (χ3v) is 2.57. The van der Waals surface area contributed by atoms with Gasteiger partial charge in [0, 0.05) is 5.92 Å². The van der Waals surface area contributed by atoms with Crippen molar-refractivity contribution in [3.8, 4) is 11.4 Å². The second-order valence-electron chi connectivity index (χ2n) is 3.71. The fourth-order valence-corrected chi connectivity index (χ4v) is 1.55. The van der Waals surface area contributed by atoms with Crippen LogP contribution in [0.3, 0.4) is 0 Å². The van der Waals surface area contributed by atoms with E-state index in [1.165, 1.54) is 12.8 Å². The Morgan fingerprint density at radius 2 is 2.36 bits per heavy atom. The molecule has 0 aromatic carbocycles. The third kappa shape index (κ3) is 1.14. The predicted octanol–water partition coefficient (Wildman–Crippen LogP) is 2.25. The first-order chi connectivity index (χ1) is 6.84. The minimum atomic E-state index is 0.614. The zero-order chi connectivity index (χ0) is 9.54. The van der Waals surface area contributed by atoms with Crippen LogP contribution in [0.5, 0.6) is 0 Å². The molecule has 0 bridgehead atoms. The normalized spacial score (nSPS) is 16.1. The minimum absolute atomic E-state index is 0.614. The summed E-state index contributed by atoms with van der Waals surface area (Å²) in [7, 11) is 0. The van der Waals surface area contributed by atoms with Crippen LogP contribution in [0, 0.1) is 6.92 Å². The van der Waals surface area contributed by atoms with E-state index in [4.69, 9.17) is 4.42 Å². The molecule has 0 atom stereocenters. The smallest absolute Gasteiger partial charge is 0.184 e. The molecule has 2 aromatic rings. The second kappa shape index (κ2) is 2.70. The van der Waals surface area contributed by atoms with Gasteiger partial charge < -0.3 is 4.42 Å². The standard InChI is InChI=1S/C10H11N3O/c1-6-8(4-5-14-6)10-11-9(12-13-10)7-2-3-7/h4-5,7H,2-3H2,1H3,(H,11,12,13). The van der Waals surface area contributed by atoms with Gasteiger partial charge in [-0.1, -0.05) is 0 Å². The molecule has 1 aliphatic carbocycles. The monoisotopic (exact) mass is 189 g/mol. The molecule has 3 rings (SSSR count). The van der Waals surface area contributed by atoms with E-state index in [2.05, 4.69) is 15.2 Å². The SMILES string of the molecule is Cc1occc1-c1n[nH]c(C2CC2)n1. The summed E-state index contributed by atoms with van der Waals surface area (Å²) in [4.78, 5) is 4.45. The van der Waals surface area contributed by atoms with E-state index >= 15 is 0 Å². The number of H-pyrrole nitrogens is 1. The van der Waals surface area contributed by atoms with Crippen LogP contribution < -0.4 is 0 Å². The topological polar surface area (TPSA) is 54.7 Å². The maximum absolute atomic E-state index is 5.21. The van der Waals surface area contributed by atoms with Crippen LogP contribution in [0.4, 0.5) is 0 Å². The maximum atomic E-state index is 5.21. The molecule has 2 heterocycles. The summed E-state index contributed by atoms with van der Waals surface area (Å²) < 4.78 is 5.21. The molecular formula is C10H11N3O. The van der Waals surface area contributed by atoms with Crippen molar-refractivity contribution < 1.29 is 4.42 Å². The molecule has 0 radical (unpaired) electrons. The summed E-state index contributed by atoms with van der Waals surface area (Å²) in [6.07, 6.45) is 4.13. The van der Waals surface area contributed by atoms with E-state index in [0.29, 0.717) is 5.92 Å². The van der Waals surface area contributed by atoms with Gasteiger partial charge in [0.05, 0.1) is 11.8 Å². The highest BCUT2D eigenvalue weighted by Gasteiger charge is 2.27. The van der Waals surface area contributed by atoms with Gasteiger partial charge in [-0.3, -0.25) is 5.10 Å². The van der Waals surface area contributed by atoms with Crippen molar-refractivity contribution in [3.05, 3.63) is 23.9 Å². The summed E-state index contributed by atoms with van der Waals surface area (Å²) in [5.41, 5.74) is 0.980. The fourth-order valence-electron chi connectivity index (χ4n) is 1.55. The fraction of sp³-hybridized carbons (Fsp3) is 0.400. The van der Waals surface area contributed by atoms with Crippen molar-refractivity contribution in [1.29, 1.82) is 0 Å². The van der Waals surface area contributed by atoms with Gasteiger partial charge in [0.2, 0.25) is 0 Å². The summed E-state index contributed by atoms with van der Waals surface area (Å²) in [5.74, 6) is 3.24. The van der Waals surface area contributed by atoms with Gasteiger partial charge in [-0.25, -0.2) is 4.98 Å². The van der Waals surface area contributed by atoms with Crippen molar-refractivity contribution in [2.24, 2.45) is 0 Å². The number of hydrogen-bond acceptors (Lipinski definition) is 3. The molecule has 1 aliphatic rings. The number of nitrogens with zero attached hydrogens (tertiary/aromatic N) is 2. The molecule has 72 valence electrons. The number of hydrogen-bond donors (Lipinski definition) is 1. The summed E-state index contributed by atoms with van der Waals surface area (Å²) >= 11 is 0. The first-order valence-corrected chi connectivity index (χ1v) is 4.81. The van der Waals surface area contributed by atoms with E-state index in [9.17, 15) is 0 Å². The molecule has 1 N–H and O–H groups in total. The van der Waals surface area contributed by atoms with E-state index in [-0.39, 0.29) is 0 Å². The Labute approximate surface area is 81.4 Å². The first-order valence-electron chi connectivity index (χ1n) is 4.81. The molecule has 0 saturated heterocycles. The van der Waals surface area contributed by atoms with Crippen LogP contribution in [0.2, 0.25) is 0 Å². The van der Waals surface area contributed by atoms with Gasteiger partial charge in [0.15, 0.2) is 5.82 Å². The Hall–Kier alpha value is -1.58. The van der Waals surface area contributed by atoms with Gasteiger partial charge in [0.1, 0.15) is 11.6 Å². The van der Waals surface area contributed by atoms with Crippen molar-refractivity contribution in [1.82, 2.24) is 15.2 Å². The van der Waals surface area contributed by atoms with E-state index in [1.54, 1.807) is 6.26 Å². The summed E-state index contributed by atoms with van der Waals surface area (Å²) in [6, 6.07) is 1.90. The van der Waals surface area contributed by atoms with Crippen LogP contribution in [0.25, 0.3) is 11.4 Å². The van der Waals surface area contributed by atoms with Crippen LogP contribution in [-0.4, -0.2) is 15.2 Å². The third-order valence-electron chi connectivity index (χ3n) is 2.57. The number of rotatable bonds is 2. The van der Waals surface area contributed by atoms with Crippen LogP contribution >= 0.6 is 0 Å². The molecule has 4 heteroatoms. The molecule has 0 aliphatic heterocycles. The van der Waals surface area contributed by atoms with Gasteiger partial charge in [-0.05, 0) is 25.8 Å². The molecule has 1 saturated carbocycles. The highest BCUT2D eigenvalue weighted by atomic mass is 16.3. The van der Waals surface area contributed by atoms with Crippen LogP contribution in [0.1, 0.15) is 30.3 Å². The Bertz CT molecular complexity index is 453. The summed E-state index contributed by atoms with van der Waals surface area (Å²) in [6.45, 7) is 1.92. The highest BCUT2D eigenvalue weighted by Crippen LogP contribution is 2.38. The second-order valence-corrected chi connectivity index (χ2v) is 3.71. The lowest BCUT2D eigenvalue weighted by molar-refractivity contribution is 0.535. The van der Waals surface area contributed by atoms with Gasteiger partial charge in [0.25, 0.3) is 0 Å². The molecule has 0 amide bonds. The van der Waals surface area contributed by atoms with Crippen molar-refractivity contribution in [2.75, 3.05) is 0 Å². The zero-order valence-electron chi connectivity index (χ0n) is 7.95. The Morgan fingerprint density at radius 1 is 1.50 bits per heavy atom. The zero-order valence-corrected chi connectivity index (χ0v) is 7.95. The van der Waals surface area contributed by atoms with Crippen molar-refractivity contribution in [3.63, 3.8) is 0 Å². The van der Waals surface area contributed by atoms with E-state index in [0.717, 1.165) is 23.0 Å². The van der Waals surface area contributed by atoms with Crippen LogP contribution in [-0.2, 0) is 0 Å².